The highest BCUT2D eigenvalue weighted by atomic mass is 19.1. The number of aliphatic imine (C=N–C) groups is 1. The number of aryl methyl sites for hydroxylation is 1. The molecule has 0 aromatic heterocycles. The van der Waals surface area contributed by atoms with Gasteiger partial charge in [-0.3, -0.25) is 4.99 Å². The van der Waals surface area contributed by atoms with Crippen LogP contribution in [0.15, 0.2) is 47.5 Å². The maximum absolute atomic E-state index is 13.3. The van der Waals surface area contributed by atoms with Gasteiger partial charge in [0.05, 0.1) is 6.61 Å². The Labute approximate surface area is 154 Å². The van der Waals surface area contributed by atoms with Crippen LogP contribution in [0.25, 0.3) is 0 Å². The number of guanidine groups is 1. The smallest absolute Gasteiger partial charge is 0.191 e. The number of halogens is 1. The summed E-state index contributed by atoms with van der Waals surface area (Å²) in [5.74, 6) is 1.30. The van der Waals surface area contributed by atoms with Crippen LogP contribution in [0.1, 0.15) is 16.7 Å². The van der Waals surface area contributed by atoms with Crippen molar-refractivity contribution in [1.29, 1.82) is 0 Å². The zero-order valence-electron chi connectivity index (χ0n) is 15.5. The summed E-state index contributed by atoms with van der Waals surface area (Å²) in [7, 11) is 3.37. The maximum atomic E-state index is 13.3. The van der Waals surface area contributed by atoms with E-state index in [1.807, 2.05) is 30.3 Å². The van der Waals surface area contributed by atoms with Crippen LogP contribution in [-0.4, -0.2) is 33.3 Å². The second-order valence-electron chi connectivity index (χ2n) is 5.85. The molecule has 2 N–H and O–H groups in total. The Kier molecular flexibility index (Phi) is 7.89. The fourth-order valence-corrected chi connectivity index (χ4v) is 2.40. The predicted molar refractivity (Wildman–Crippen MR) is 102 cm³/mol. The van der Waals surface area contributed by atoms with Gasteiger partial charge in [-0.05, 0) is 41.8 Å². The predicted octanol–water partition coefficient (Wildman–Crippen LogP) is 3.02. The van der Waals surface area contributed by atoms with Crippen molar-refractivity contribution >= 4 is 5.96 Å². The van der Waals surface area contributed by atoms with Gasteiger partial charge in [0.2, 0.25) is 0 Å². The van der Waals surface area contributed by atoms with Crippen LogP contribution in [0.4, 0.5) is 4.39 Å². The highest BCUT2D eigenvalue weighted by Crippen LogP contribution is 2.13. The molecule has 0 spiro atoms. The summed E-state index contributed by atoms with van der Waals surface area (Å²) in [4.78, 5) is 4.21. The van der Waals surface area contributed by atoms with Crippen LogP contribution in [0.5, 0.6) is 5.75 Å². The molecule has 0 unspecified atom stereocenters. The van der Waals surface area contributed by atoms with Gasteiger partial charge >= 0.3 is 0 Å². The van der Waals surface area contributed by atoms with Gasteiger partial charge in [-0.1, -0.05) is 24.3 Å². The van der Waals surface area contributed by atoms with E-state index in [2.05, 4.69) is 15.6 Å². The van der Waals surface area contributed by atoms with Gasteiger partial charge < -0.3 is 20.1 Å². The first-order chi connectivity index (χ1) is 12.6. The van der Waals surface area contributed by atoms with Crippen molar-refractivity contribution in [3.05, 3.63) is 65.0 Å². The molecule has 6 heteroatoms. The van der Waals surface area contributed by atoms with E-state index < -0.39 is 0 Å². The topological polar surface area (TPSA) is 54.9 Å². The summed E-state index contributed by atoms with van der Waals surface area (Å²) in [6, 6.07) is 13.0. The standard InChI is InChI=1S/C20H26FN3O2/c1-15-11-17(7-8-19(15)21)14-24-20(22-2)23-13-16-5-4-6-18(12-16)26-10-9-25-3/h4-8,11-12H,9-10,13-14H2,1-3H3,(H2,22,23,24). The lowest BCUT2D eigenvalue weighted by Gasteiger charge is -2.13. The molecule has 5 nitrogen and oxygen atoms in total. The van der Waals surface area contributed by atoms with Crippen molar-refractivity contribution in [3.63, 3.8) is 0 Å². The molecule has 2 aromatic carbocycles. The average molecular weight is 359 g/mol. The summed E-state index contributed by atoms with van der Waals surface area (Å²) in [5.41, 5.74) is 2.72. The van der Waals surface area contributed by atoms with E-state index in [4.69, 9.17) is 9.47 Å². The highest BCUT2D eigenvalue weighted by molar-refractivity contribution is 5.79. The van der Waals surface area contributed by atoms with Crippen molar-refractivity contribution in [2.45, 2.75) is 20.0 Å². The Morgan fingerprint density at radius 2 is 1.77 bits per heavy atom. The molecule has 0 aliphatic carbocycles. The molecule has 0 aliphatic heterocycles. The third-order valence-electron chi connectivity index (χ3n) is 3.82. The molecular weight excluding hydrogens is 333 g/mol. The van der Waals surface area contributed by atoms with Crippen LogP contribution in [0, 0.1) is 12.7 Å². The highest BCUT2D eigenvalue weighted by Gasteiger charge is 2.03. The number of benzene rings is 2. The van der Waals surface area contributed by atoms with Crippen molar-refractivity contribution in [2.75, 3.05) is 27.4 Å². The van der Waals surface area contributed by atoms with Crippen LogP contribution in [-0.2, 0) is 17.8 Å². The summed E-state index contributed by atoms with van der Waals surface area (Å²) in [6.45, 7) is 4.02. The summed E-state index contributed by atoms with van der Waals surface area (Å²) >= 11 is 0. The molecule has 0 atom stereocenters. The molecule has 2 aromatic rings. The minimum Gasteiger partial charge on any atom is -0.491 e. The minimum absolute atomic E-state index is 0.191. The molecule has 0 heterocycles. The van der Waals surface area contributed by atoms with Crippen molar-refractivity contribution < 1.29 is 13.9 Å². The van der Waals surface area contributed by atoms with Crippen LogP contribution < -0.4 is 15.4 Å². The molecule has 0 radical (unpaired) electrons. The Bertz CT molecular complexity index is 735. The molecular formula is C20H26FN3O2. The van der Waals surface area contributed by atoms with E-state index in [1.165, 1.54) is 6.07 Å². The first-order valence-electron chi connectivity index (χ1n) is 8.52. The zero-order valence-corrected chi connectivity index (χ0v) is 15.5. The number of hydrogen-bond donors (Lipinski definition) is 2. The van der Waals surface area contributed by atoms with Crippen LogP contribution in [0.3, 0.4) is 0 Å². The lowest BCUT2D eigenvalue weighted by Crippen LogP contribution is -2.36. The summed E-state index contributed by atoms with van der Waals surface area (Å²) in [6.07, 6.45) is 0. The normalized spacial score (nSPS) is 11.3. The lowest BCUT2D eigenvalue weighted by atomic mass is 10.1. The summed E-state index contributed by atoms with van der Waals surface area (Å²) in [5, 5.41) is 6.49. The number of nitrogens with one attached hydrogen (secondary N) is 2. The Morgan fingerprint density at radius 3 is 2.42 bits per heavy atom. The monoisotopic (exact) mass is 359 g/mol. The fraction of sp³-hybridized carbons (Fsp3) is 0.350. The van der Waals surface area contributed by atoms with Crippen LogP contribution >= 0.6 is 0 Å². The SMILES string of the molecule is CN=C(NCc1cccc(OCCOC)c1)NCc1ccc(F)c(C)c1. The van der Waals surface area contributed by atoms with Gasteiger partial charge in [0.15, 0.2) is 5.96 Å². The van der Waals surface area contributed by atoms with Crippen molar-refractivity contribution in [3.8, 4) is 5.75 Å². The second-order valence-corrected chi connectivity index (χ2v) is 5.85. The van der Waals surface area contributed by atoms with Gasteiger partial charge in [0.1, 0.15) is 18.2 Å². The molecule has 140 valence electrons. The Balaban J connectivity index is 1.84. The molecule has 0 saturated heterocycles. The molecule has 0 aliphatic rings. The van der Waals surface area contributed by atoms with E-state index in [9.17, 15) is 4.39 Å². The van der Waals surface area contributed by atoms with Gasteiger partial charge in [-0.15, -0.1) is 0 Å². The molecule has 0 fully saturated rings. The van der Waals surface area contributed by atoms with Crippen LogP contribution in [0.2, 0.25) is 0 Å². The third kappa shape index (κ3) is 6.37. The quantitative estimate of drug-likeness (QED) is 0.432. The van der Waals surface area contributed by atoms with Gasteiger partial charge in [0.25, 0.3) is 0 Å². The van der Waals surface area contributed by atoms with E-state index >= 15 is 0 Å². The second kappa shape index (κ2) is 10.4. The number of hydrogen-bond acceptors (Lipinski definition) is 3. The molecule has 0 amide bonds. The molecule has 2 rings (SSSR count). The Hall–Kier alpha value is -2.60. The number of ether oxygens (including phenoxy) is 2. The Morgan fingerprint density at radius 1 is 1.04 bits per heavy atom. The lowest BCUT2D eigenvalue weighted by molar-refractivity contribution is 0.146. The summed E-state index contributed by atoms with van der Waals surface area (Å²) < 4.78 is 23.9. The maximum Gasteiger partial charge on any atom is 0.191 e. The van der Waals surface area contributed by atoms with E-state index in [1.54, 1.807) is 27.1 Å². The largest absolute Gasteiger partial charge is 0.491 e. The van der Waals surface area contributed by atoms with Gasteiger partial charge in [-0.25, -0.2) is 4.39 Å². The number of rotatable bonds is 8. The first kappa shape index (κ1) is 19.7. The molecule has 0 bridgehead atoms. The van der Waals surface area contributed by atoms with Crippen molar-refractivity contribution in [2.24, 2.45) is 4.99 Å². The van der Waals surface area contributed by atoms with E-state index in [0.29, 0.717) is 37.8 Å². The zero-order chi connectivity index (χ0) is 18.8. The fourth-order valence-electron chi connectivity index (χ4n) is 2.40. The first-order valence-corrected chi connectivity index (χ1v) is 8.52. The van der Waals surface area contributed by atoms with E-state index in [-0.39, 0.29) is 5.82 Å². The van der Waals surface area contributed by atoms with Gasteiger partial charge in [-0.2, -0.15) is 0 Å². The van der Waals surface area contributed by atoms with Crippen molar-refractivity contribution in [1.82, 2.24) is 10.6 Å². The molecule has 26 heavy (non-hydrogen) atoms. The number of methoxy groups -OCH3 is 1. The third-order valence-corrected chi connectivity index (χ3v) is 3.82. The van der Waals surface area contributed by atoms with Gasteiger partial charge in [0, 0.05) is 27.2 Å². The van der Waals surface area contributed by atoms with E-state index in [0.717, 1.165) is 16.9 Å². The average Bonchev–Trinajstić information content (AvgIpc) is 2.65. The number of nitrogens with zero attached hydrogens (tertiary/aromatic N) is 1. The minimum atomic E-state index is -0.191. The molecule has 0 saturated carbocycles.